The first kappa shape index (κ1) is 18.3. The molecule has 1 aromatic carbocycles. The molecule has 0 unspecified atom stereocenters. The van der Waals surface area contributed by atoms with Crippen LogP contribution in [-0.4, -0.2) is 50.2 Å². The van der Waals surface area contributed by atoms with Crippen LogP contribution in [0.5, 0.6) is 5.75 Å². The largest absolute Gasteiger partial charge is 0.491 e. The van der Waals surface area contributed by atoms with Crippen molar-refractivity contribution in [3.8, 4) is 5.75 Å². The summed E-state index contributed by atoms with van der Waals surface area (Å²) in [5.41, 5.74) is 1.09. The van der Waals surface area contributed by atoms with E-state index in [2.05, 4.69) is 15.4 Å². The van der Waals surface area contributed by atoms with Gasteiger partial charge >= 0.3 is 6.09 Å². The van der Waals surface area contributed by atoms with Gasteiger partial charge in [-0.2, -0.15) is 0 Å². The zero-order valence-corrected chi connectivity index (χ0v) is 13.5. The fourth-order valence-corrected chi connectivity index (χ4v) is 1.76. The Labute approximate surface area is 131 Å². The predicted octanol–water partition coefficient (Wildman–Crippen LogP) is 1.32. The Bertz CT molecular complexity index is 434. The number of benzene rings is 1. The third kappa shape index (κ3) is 7.85. The van der Waals surface area contributed by atoms with Gasteiger partial charge in [0.1, 0.15) is 18.5 Å². The van der Waals surface area contributed by atoms with Crippen LogP contribution in [0.1, 0.15) is 19.4 Å². The van der Waals surface area contributed by atoms with Gasteiger partial charge in [-0.1, -0.05) is 26.0 Å². The van der Waals surface area contributed by atoms with Crippen molar-refractivity contribution in [3.63, 3.8) is 0 Å². The molecule has 0 saturated carbocycles. The molecule has 1 rings (SSSR count). The van der Waals surface area contributed by atoms with Crippen molar-refractivity contribution in [2.75, 3.05) is 26.8 Å². The molecule has 0 spiro atoms. The van der Waals surface area contributed by atoms with E-state index in [1.165, 1.54) is 7.11 Å². The lowest BCUT2D eigenvalue weighted by atomic mass is 10.1. The van der Waals surface area contributed by atoms with Crippen molar-refractivity contribution in [2.45, 2.75) is 32.4 Å². The van der Waals surface area contributed by atoms with Crippen LogP contribution >= 0.6 is 0 Å². The first-order chi connectivity index (χ1) is 10.5. The van der Waals surface area contributed by atoms with Crippen LogP contribution in [0.15, 0.2) is 24.3 Å². The lowest BCUT2D eigenvalue weighted by Crippen LogP contribution is -2.35. The van der Waals surface area contributed by atoms with E-state index in [-0.39, 0.29) is 6.61 Å². The minimum atomic E-state index is -0.536. The Hall–Kier alpha value is -1.79. The Morgan fingerprint density at radius 1 is 1.27 bits per heavy atom. The van der Waals surface area contributed by atoms with Gasteiger partial charge in [-0.15, -0.1) is 0 Å². The molecule has 124 valence electrons. The predicted molar refractivity (Wildman–Crippen MR) is 85.2 cm³/mol. The monoisotopic (exact) mass is 310 g/mol. The molecule has 3 N–H and O–H groups in total. The summed E-state index contributed by atoms with van der Waals surface area (Å²) in [4.78, 5) is 10.9. The van der Waals surface area contributed by atoms with Crippen molar-refractivity contribution < 1.29 is 19.4 Å². The molecule has 1 amide bonds. The number of aliphatic hydroxyl groups excluding tert-OH is 1. The number of carbonyl (C=O) groups excluding carboxylic acids is 1. The van der Waals surface area contributed by atoms with E-state index in [4.69, 9.17) is 4.74 Å². The Kier molecular flexibility index (Phi) is 8.32. The lowest BCUT2D eigenvalue weighted by Gasteiger charge is -2.15. The number of alkyl carbamates (subject to hydrolysis) is 1. The summed E-state index contributed by atoms with van der Waals surface area (Å²) in [6.45, 7) is 5.34. The SMILES string of the molecule is COC(=O)NCCc1ccc(OC[C@H](O)CNC(C)C)cc1. The number of nitrogens with one attached hydrogen (secondary N) is 2. The fraction of sp³-hybridized carbons (Fsp3) is 0.562. The van der Waals surface area contributed by atoms with E-state index < -0.39 is 12.2 Å². The molecule has 0 radical (unpaired) electrons. The van der Waals surface area contributed by atoms with Gasteiger partial charge in [-0.25, -0.2) is 4.79 Å². The van der Waals surface area contributed by atoms with Gasteiger partial charge in [0.25, 0.3) is 0 Å². The maximum absolute atomic E-state index is 10.9. The van der Waals surface area contributed by atoms with Crippen LogP contribution in [0.25, 0.3) is 0 Å². The smallest absolute Gasteiger partial charge is 0.406 e. The lowest BCUT2D eigenvalue weighted by molar-refractivity contribution is 0.104. The summed E-state index contributed by atoms with van der Waals surface area (Å²) in [7, 11) is 1.34. The summed E-state index contributed by atoms with van der Waals surface area (Å²) < 4.78 is 10.0. The van der Waals surface area contributed by atoms with Crippen LogP contribution in [0.4, 0.5) is 4.79 Å². The van der Waals surface area contributed by atoms with Crippen molar-refractivity contribution in [3.05, 3.63) is 29.8 Å². The number of aliphatic hydroxyl groups is 1. The summed E-state index contributed by atoms with van der Waals surface area (Å²) >= 11 is 0. The van der Waals surface area contributed by atoms with E-state index in [0.29, 0.717) is 24.9 Å². The molecule has 6 heteroatoms. The third-order valence-electron chi connectivity index (χ3n) is 3.00. The zero-order valence-electron chi connectivity index (χ0n) is 13.5. The molecule has 0 fully saturated rings. The average molecular weight is 310 g/mol. The molecule has 6 nitrogen and oxygen atoms in total. The highest BCUT2D eigenvalue weighted by Crippen LogP contribution is 2.12. The third-order valence-corrected chi connectivity index (χ3v) is 3.00. The normalized spacial score (nSPS) is 12.0. The molecule has 0 heterocycles. The number of amides is 1. The summed E-state index contributed by atoms with van der Waals surface area (Å²) in [6, 6.07) is 7.93. The van der Waals surface area contributed by atoms with E-state index >= 15 is 0 Å². The molecule has 1 aromatic rings. The van der Waals surface area contributed by atoms with Crippen LogP contribution in [-0.2, 0) is 11.2 Å². The molecule has 0 aliphatic heterocycles. The minimum Gasteiger partial charge on any atom is -0.491 e. The Balaban J connectivity index is 2.28. The summed E-state index contributed by atoms with van der Waals surface area (Å²) in [6.07, 6.45) is -0.244. The van der Waals surface area contributed by atoms with Gasteiger partial charge < -0.3 is 25.2 Å². The molecular weight excluding hydrogens is 284 g/mol. The van der Waals surface area contributed by atoms with Crippen LogP contribution in [0, 0.1) is 0 Å². The zero-order chi connectivity index (χ0) is 16.4. The van der Waals surface area contributed by atoms with Crippen LogP contribution < -0.4 is 15.4 Å². The first-order valence-corrected chi connectivity index (χ1v) is 7.46. The number of rotatable bonds is 9. The maximum atomic E-state index is 10.9. The highest BCUT2D eigenvalue weighted by molar-refractivity contribution is 5.66. The standard InChI is InChI=1S/C16H26N2O4/c1-12(2)18-10-14(19)11-22-15-6-4-13(5-7-15)8-9-17-16(20)21-3/h4-7,12,14,18-19H,8-11H2,1-3H3,(H,17,20)/t14-/m1/s1. The highest BCUT2D eigenvalue weighted by atomic mass is 16.5. The summed E-state index contributed by atoms with van der Waals surface area (Å²) in [5, 5.41) is 15.5. The van der Waals surface area contributed by atoms with Gasteiger partial charge in [0.05, 0.1) is 7.11 Å². The average Bonchev–Trinajstić information content (AvgIpc) is 2.51. The molecule has 0 saturated heterocycles. The van der Waals surface area contributed by atoms with Crippen molar-refractivity contribution in [1.82, 2.24) is 10.6 Å². The summed E-state index contributed by atoms with van der Waals surface area (Å²) in [5.74, 6) is 0.716. The van der Waals surface area contributed by atoms with E-state index in [1.54, 1.807) is 0 Å². The number of methoxy groups -OCH3 is 1. The number of hydrogen-bond donors (Lipinski definition) is 3. The highest BCUT2D eigenvalue weighted by Gasteiger charge is 2.06. The number of carbonyl (C=O) groups is 1. The van der Waals surface area contributed by atoms with Gasteiger partial charge in [0.2, 0.25) is 0 Å². The second-order valence-corrected chi connectivity index (χ2v) is 5.34. The fourth-order valence-electron chi connectivity index (χ4n) is 1.76. The maximum Gasteiger partial charge on any atom is 0.406 e. The number of hydrogen-bond acceptors (Lipinski definition) is 5. The van der Waals surface area contributed by atoms with Crippen LogP contribution in [0.2, 0.25) is 0 Å². The Morgan fingerprint density at radius 2 is 1.95 bits per heavy atom. The molecule has 0 aromatic heterocycles. The van der Waals surface area contributed by atoms with Crippen molar-refractivity contribution in [2.24, 2.45) is 0 Å². The van der Waals surface area contributed by atoms with Gasteiger partial charge in [0.15, 0.2) is 0 Å². The van der Waals surface area contributed by atoms with E-state index in [1.807, 2.05) is 38.1 Å². The van der Waals surface area contributed by atoms with Gasteiger partial charge in [-0.3, -0.25) is 0 Å². The molecule has 0 aliphatic rings. The van der Waals surface area contributed by atoms with Crippen LogP contribution in [0.3, 0.4) is 0 Å². The second kappa shape index (κ2) is 10.0. The quantitative estimate of drug-likeness (QED) is 0.641. The van der Waals surface area contributed by atoms with E-state index in [0.717, 1.165) is 12.0 Å². The molecular formula is C16H26N2O4. The Morgan fingerprint density at radius 3 is 2.55 bits per heavy atom. The van der Waals surface area contributed by atoms with Gasteiger partial charge in [-0.05, 0) is 24.1 Å². The second-order valence-electron chi connectivity index (χ2n) is 5.34. The molecule has 22 heavy (non-hydrogen) atoms. The first-order valence-electron chi connectivity index (χ1n) is 7.46. The van der Waals surface area contributed by atoms with Crippen molar-refractivity contribution >= 4 is 6.09 Å². The molecule has 0 bridgehead atoms. The topological polar surface area (TPSA) is 79.8 Å². The number of ether oxygens (including phenoxy) is 2. The van der Waals surface area contributed by atoms with Gasteiger partial charge in [0, 0.05) is 19.1 Å². The molecule has 1 atom stereocenters. The minimum absolute atomic E-state index is 0.253. The molecule has 0 aliphatic carbocycles. The van der Waals surface area contributed by atoms with Crippen molar-refractivity contribution in [1.29, 1.82) is 0 Å². The van der Waals surface area contributed by atoms with E-state index in [9.17, 15) is 9.90 Å².